The van der Waals surface area contributed by atoms with E-state index in [0.29, 0.717) is 47.1 Å². The van der Waals surface area contributed by atoms with Crippen LogP contribution in [0.1, 0.15) is 97.8 Å². The van der Waals surface area contributed by atoms with Gasteiger partial charge in [-0.15, -0.1) is 0 Å². The minimum atomic E-state index is -1.85. The first-order valence-electron chi connectivity index (χ1n) is 31.7. The molecule has 30 heteroatoms. The van der Waals surface area contributed by atoms with Crippen molar-refractivity contribution in [2.24, 2.45) is 0 Å². The highest BCUT2D eigenvalue weighted by atomic mass is 33.1. The summed E-state index contributed by atoms with van der Waals surface area (Å²) in [5.74, 6) is -8.65. The number of unbranched alkanes of at least 4 members (excludes halogenated alkanes) is 1. The first-order valence-corrected chi connectivity index (χ1v) is 34.2. The fourth-order valence-corrected chi connectivity index (χ4v) is 12.4. The number of aliphatic hydroxyl groups excluding tert-OH is 2. The van der Waals surface area contributed by atoms with Gasteiger partial charge in [-0.3, -0.25) is 43.2 Å². The second-order valence-corrected chi connectivity index (χ2v) is 28.0. The second kappa shape index (κ2) is 36.3. The van der Waals surface area contributed by atoms with E-state index < -0.39 is 137 Å². The van der Waals surface area contributed by atoms with Gasteiger partial charge in [0.2, 0.25) is 53.2 Å². The van der Waals surface area contributed by atoms with Gasteiger partial charge in [0.05, 0.1) is 12.2 Å². The van der Waals surface area contributed by atoms with Gasteiger partial charge in [-0.05, 0) is 116 Å². The summed E-state index contributed by atoms with van der Waals surface area (Å²) in [7, 11) is 1.80. The van der Waals surface area contributed by atoms with Gasteiger partial charge >= 0.3 is 12.2 Å². The molecule has 0 aliphatic carbocycles. The number of aromatic hydroxyl groups is 1. The number of carbonyl (C=O) groups is 11. The number of ether oxygens (including phenoxy) is 2. The molecular weight excluding hydrogens is 1280 g/mol. The van der Waals surface area contributed by atoms with Gasteiger partial charge in [-0.25, -0.2) is 9.59 Å². The molecule has 28 nitrogen and oxygen atoms in total. The van der Waals surface area contributed by atoms with Crippen molar-refractivity contribution in [2.45, 2.75) is 172 Å². The number of rotatable bonds is 23. The van der Waals surface area contributed by atoms with Crippen molar-refractivity contribution in [1.29, 1.82) is 0 Å². The van der Waals surface area contributed by atoms with Crippen molar-refractivity contribution in [2.75, 3.05) is 37.7 Å². The Bertz CT molecular complexity index is 3380. The predicted molar refractivity (Wildman–Crippen MR) is 360 cm³/mol. The zero-order valence-corrected chi connectivity index (χ0v) is 56.7. The Morgan fingerprint density at radius 2 is 1.26 bits per heavy atom. The molecule has 1 fully saturated rings. The lowest BCUT2D eigenvalue weighted by molar-refractivity contribution is -0.137. The third-order valence-electron chi connectivity index (χ3n) is 15.0. The molecule has 0 saturated carbocycles. The number of nitrogens with one attached hydrogen (secondary N) is 11. The Hall–Kier alpha value is -8.87. The molecule has 3 aromatic carbocycles. The summed E-state index contributed by atoms with van der Waals surface area (Å²) < 4.78 is 10.9. The highest BCUT2D eigenvalue weighted by Crippen LogP contribution is 2.25. The van der Waals surface area contributed by atoms with Crippen LogP contribution in [0, 0.1) is 0 Å². The Balaban J connectivity index is 1.41. The number of amides is 11. The van der Waals surface area contributed by atoms with Crippen LogP contribution in [-0.2, 0) is 71.9 Å². The predicted octanol–water partition coefficient (Wildman–Crippen LogP) is 1.94. The monoisotopic (exact) mass is 1370 g/mol. The van der Waals surface area contributed by atoms with Crippen LogP contribution in [0.2, 0.25) is 0 Å². The molecule has 0 unspecified atom stereocenters. The van der Waals surface area contributed by atoms with E-state index in [0.717, 1.165) is 21.6 Å². The lowest BCUT2D eigenvalue weighted by Gasteiger charge is -2.29. The van der Waals surface area contributed by atoms with Crippen LogP contribution in [0.3, 0.4) is 0 Å². The number of aromatic nitrogens is 1. The van der Waals surface area contributed by atoms with Gasteiger partial charge in [-0.2, -0.15) is 0 Å². The number of aliphatic hydroxyl groups is 2. The Morgan fingerprint density at radius 1 is 0.646 bits per heavy atom. The molecule has 4 aromatic rings. The fourth-order valence-electron chi connectivity index (χ4n) is 10.1. The minimum absolute atomic E-state index is 0.0386. The van der Waals surface area contributed by atoms with Gasteiger partial charge in [-0.1, -0.05) is 88.3 Å². The summed E-state index contributed by atoms with van der Waals surface area (Å²) in [6, 6.07) is 8.88. The number of H-pyrrole nitrogens is 1. The van der Waals surface area contributed by atoms with Crippen molar-refractivity contribution in [1.82, 2.24) is 63.1 Å². The van der Waals surface area contributed by atoms with Crippen molar-refractivity contribution in [3.05, 3.63) is 114 Å². The number of para-hydroxylation sites is 1. The van der Waals surface area contributed by atoms with Crippen LogP contribution < -0.4 is 53.2 Å². The Labute approximate surface area is 565 Å². The van der Waals surface area contributed by atoms with E-state index in [9.17, 15) is 53.7 Å². The molecule has 2 aliphatic heterocycles. The SMILES string of the molecule is C[C@@H](O)[C@H](NC(=O)[C@@H]1CSSC[C@H](NC(=O)[C@@H](Cc2ccccc2)NC(=O)OC(C)(C)C)C(=O)N[C@@H](Cc2ccc(O)cc2)C(=O)N[C@H](Cc2c[nH]c3ccccc23)C(=O)N[C@@H](CCCCNC(=O)OC(C)(C)C)C(=O)N[C@@H]([C@@H](C)O)C(=O)N1)C(=O)NCCCN1CC=CC1=O. The van der Waals surface area contributed by atoms with Crippen LogP contribution >= 0.6 is 21.6 Å². The molecular formula is C66H90N12O16S2. The van der Waals surface area contributed by atoms with E-state index in [-0.39, 0.29) is 69.0 Å². The molecule has 10 atom stereocenters. The van der Waals surface area contributed by atoms with E-state index in [1.165, 1.54) is 44.2 Å². The van der Waals surface area contributed by atoms with Gasteiger partial charge in [0.1, 0.15) is 65.3 Å². The summed E-state index contributed by atoms with van der Waals surface area (Å²) >= 11 is 0. The van der Waals surface area contributed by atoms with E-state index in [1.54, 1.807) is 113 Å². The van der Waals surface area contributed by atoms with Gasteiger partial charge in [0.25, 0.3) is 0 Å². The van der Waals surface area contributed by atoms with E-state index in [1.807, 2.05) is 0 Å². The lowest BCUT2D eigenvalue weighted by atomic mass is 10.0. The lowest BCUT2D eigenvalue weighted by Crippen LogP contribution is -2.63. The molecule has 96 heavy (non-hydrogen) atoms. The minimum Gasteiger partial charge on any atom is -0.508 e. The summed E-state index contributed by atoms with van der Waals surface area (Å²) in [6.07, 6.45) is -0.110. The molecule has 0 spiro atoms. The van der Waals surface area contributed by atoms with Crippen LogP contribution in [0.5, 0.6) is 5.75 Å². The van der Waals surface area contributed by atoms with Crippen LogP contribution in [0.4, 0.5) is 9.59 Å². The number of phenols is 1. The number of carbonyl (C=O) groups excluding carboxylic acids is 11. The molecule has 6 rings (SSSR count). The maximum absolute atomic E-state index is 15.2. The summed E-state index contributed by atoms with van der Waals surface area (Å²) in [5.41, 5.74) is 0.477. The molecule has 1 saturated heterocycles. The van der Waals surface area contributed by atoms with Crippen molar-refractivity contribution in [3.8, 4) is 5.75 Å². The third-order valence-corrected chi connectivity index (χ3v) is 17.4. The van der Waals surface area contributed by atoms with E-state index in [4.69, 9.17) is 9.47 Å². The molecule has 0 bridgehead atoms. The Kier molecular flexibility index (Phi) is 28.8. The molecule has 2 aliphatic rings. The number of fused-ring (bicyclic) bond motifs is 1. The van der Waals surface area contributed by atoms with Crippen molar-refractivity contribution >= 4 is 97.8 Å². The molecule has 14 N–H and O–H groups in total. The standard InChI is InChI=1S/C66H90N12O16S2/c1-38(79)53(61(89)67-29-17-31-78-30-16-23-52(78)82)76-60(88)51-37-96-95-36-50(73-57(85)48(32-40-18-10-9-11-19-40)75-64(92)94-66(6,7)8)59(87)71-47(33-41-24-26-43(81)27-25-41)56(84)72-49(34-42-35-69-45-21-13-12-20-44(42)45)58(86)70-46(55(83)77-54(39(2)80)62(90)74-51)22-14-15-28-68-63(91)93-65(3,4)5/h9-13,16,18-21,23-27,35,38-39,46-51,53-54,69,79-81H,14-15,17,22,28-34,36-37H2,1-8H3,(H,67,89)(H,68,91)(H,70,86)(H,71,87)(H,72,84)(H,73,85)(H,74,90)(H,75,92)(H,76,88)(H,77,83)/t38-,39-,46+,47+,48-,49-,50+,51+,53+,54+/m1/s1. The fraction of sp³-hybridized carbons (Fsp3) is 0.500. The second-order valence-electron chi connectivity index (χ2n) is 25.4. The van der Waals surface area contributed by atoms with Crippen LogP contribution in [0.15, 0.2) is 97.2 Å². The number of hydrogen-bond acceptors (Lipinski definition) is 18. The maximum Gasteiger partial charge on any atom is 0.408 e. The largest absolute Gasteiger partial charge is 0.508 e. The average molecular weight is 1370 g/mol. The highest BCUT2D eigenvalue weighted by molar-refractivity contribution is 8.76. The van der Waals surface area contributed by atoms with Gasteiger partial charge in [0.15, 0.2) is 0 Å². The zero-order valence-electron chi connectivity index (χ0n) is 55.1. The molecule has 522 valence electrons. The molecule has 11 amide bonds. The maximum atomic E-state index is 15.2. The molecule has 3 heterocycles. The van der Waals surface area contributed by atoms with Crippen LogP contribution in [-0.4, -0.2) is 200 Å². The average Bonchev–Trinajstić information content (AvgIpc) is 1.55. The van der Waals surface area contributed by atoms with Gasteiger partial charge < -0.3 is 87.8 Å². The topological polar surface area (TPSA) is 406 Å². The Morgan fingerprint density at radius 3 is 1.92 bits per heavy atom. The number of aromatic amines is 1. The van der Waals surface area contributed by atoms with E-state index in [2.05, 4.69) is 58.2 Å². The number of nitrogens with zero attached hydrogens (tertiary/aromatic N) is 1. The molecule has 1 aromatic heterocycles. The first kappa shape index (κ1) is 76.2. The number of phenolic OH excluding ortho intramolecular Hbond substituents is 1. The van der Waals surface area contributed by atoms with Crippen molar-refractivity contribution < 1.29 is 77.5 Å². The smallest absolute Gasteiger partial charge is 0.408 e. The summed E-state index contributed by atoms with van der Waals surface area (Å²) in [4.78, 5) is 161. The van der Waals surface area contributed by atoms with E-state index >= 15 is 14.4 Å². The molecule has 0 radical (unpaired) electrons. The quantitative estimate of drug-likeness (QED) is 0.0373. The number of benzene rings is 3. The normalized spacial score (nSPS) is 20.8. The zero-order chi connectivity index (χ0) is 70.3. The third kappa shape index (κ3) is 25.0. The van der Waals surface area contributed by atoms with Crippen LogP contribution in [0.25, 0.3) is 10.9 Å². The first-order chi connectivity index (χ1) is 45.4. The van der Waals surface area contributed by atoms with Gasteiger partial charge in [0, 0.05) is 80.1 Å². The number of hydrogen-bond donors (Lipinski definition) is 14. The summed E-state index contributed by atoms with van der Waals surface area (Å²) in [6.45, 7) is 13.2. The van der Waals surface area contributed by atoms with Crippen molar-refractivity contribution in [3.63, 3.8) is 0 Å². The number of alkyl carbamates (subject to hydrolysis) is 2. The highest BCUT2D eigenvalue weighted by Gasteiger charge is 2.38. The summed E-state index contributed by atoms with van der Waals surface area (Å²) in [5, 5.41) is 59.7.